The molecule has 320 valence electrons. The largest absolute Gasteiger partial charge is 0.492 e. The van der Waals surface area contributed by atoms with Gasteiger partial charge in [0.05, 0.1) is 44.7 Å². The number of hydrogen-bond acceptors (Lipinski definition) is 8. The van der Waals surface area contributed by atoms with Crippen LogP contribution in [0.1, 0.15) is 128 Å². The minimum atomic E-state index is -0.539. The zero-order chi connectivity index (χ0) is 43.2. The zero-order valence-electron chi connectivity index (χ0n) is 35.5. The third-order valence-corrected chi connectivity index (χ3v) is 11.2. The highest BCUT2D eigenvalue weighted by Crippen LogP contribution is 2.31. The molecule has 0 spiro atoms. The maximum absolute atomic E-state index is 13.1. The Bertz CT molecular complexity index is 2220. The van der Waals surface area contributed by atoms with Crippen LogP contribution in [0.2, 0.25) is 0 Å². The van der Waals surface area contributed by atoms with Crippen molar-refractivity contribution in [3.8, 4) is 23.0 Å². The molecule has 5 rings (SSSR count). The number of halogens is 2. The number of rotatable bonds is 24. The molecule has 5 aromatic carbocycles. The Morgan fingerprint density at radius 3 is 1.41 bits per heavy atom. The summed E-state index contributed by atoms with van der Waals surface area (Å²) in [4.78, 5) is 35.4. The fourth-order valence-electron chi connectivity index (χ4n) is 6.29. The van der Waals surface area contributed by atoms with Gasteiger partial charge in [0, 0.05) is 18.5 Å². The SMILES string of the molecule is CCCCCCCCOc1ccc(N=Cc2ccc(C(=O)Oc3ccc(C)c(OC(=O)c4ccc(C=Nc5ccc(OCCCCCCCC)c(Br)c5)cc4)c3)cc2)cc1Br. The van der Waals surface area contributed by atoms with Crippen LogP contribution >= 0.6 is 31.9 Å². The second-order valence-electron chi connectivity index (χ2n) is 14.9. The standard InChI is InChI=1S/C51H56Br2N2O6/c1-4-6-8-10-12-14-30-58-47-28-25-42(32-45(47)52)54-35-38-17-21-40(22-18-38)50(56)60-44-27-16-37(3)49(34-44)61-51(57)41-23-19-39(20-24-41)36-55-43-26-29-48(46(53)33-43)59-31-15-13-11-9-7-5-2/h16-29,32-36H,4-15,30-31H2,1-3H3. The number of aryl methyl sites for hydroxylation is 1. The summed E-state index contributed by atoms with van der Waals surface area (Å²) in [7, 11) is 0. The highest BCUT2D eigenvalue weighted by Gasteiger charge is 2.14. The molecule has 0 saturated carbocycles. The smallest absolute Gasteiger partial charge is 0.343 e. The number of benzene rings is 5. The first kappa shape index (κ1) is 47.0. The molecule has 0 unspecified atom stereocenters. The van der Waals surface area contributed by atoms with Crippen molar-refractivity contribution < 1.29 is 28.5 Å². The summed E-state index contributed by atoms with van der Waals surface area (Å²) in [6.07, 6.45) is 18.1. The van der Waals surface area contributed by atoms with Crippen LogP contribution in [0.25, 0.3) is 0 Å². The molecule has 0 aliphatic heterocycles. The van der Waals surface area contributed by atoms with Gasteiger partial charge in [-0.1, -0.05) is 108 Å². The van der Waals surface area contributed by atoms with Gasteiger partial charge >= 0.3 is 11.9 Å². The van der Waals surface area contributed by atoms with E-state index in [1.165, 1.54) is 64.2 Å². The van der Waals surface area contributed by atoms with Crippen molar-refractivity contribution in [1.29, 1.82) is 0 Å². The van der Waals surface area contributed by atoms with Gasteiger partial charge in [-0.15, -0.1) is 0 Å². The topological polar surface area (TPSA) is 95.8 Å². The number of hydrogen-bond donors (Lipinski definition) is 0. The molecule has 0 N–H and O–H groups in total. The second-order valence-corrected chi connectivity index (χ2v) is 16.6. The molecule has 61 heavy (non-hydrogen) atoms. The van der Waals surface area contributed by atoms with E-state index < -0.39 is 11.9 Å². The first-order valence-corrected chi connectivity index (χ1v) is 23.0. The van der Waals surface area contributed by atoms with Gasteiger partial charge in [-0.2, -0.15) is 0 Å². The van der Waals surface area contributed by atoms with Crippen molar-refractivity contribution in [2.45, 2.75) is 97.8 Å². The third-order valence-electron chi connectivity index (χ3n) is 9.93. The lowest BCUT2D eigenvalue weighted by Crippen LogP contribution is -2.11. The van der Waals surface area contributed by atoms with Gasteiger partial charge in [0.1, 0.15) is 23.0 Å². The first-order chi connectivity index (χ1) is 29.7. The minimum Gasteiger partial charge on any atom is -0.492 e. The Morgan fingerprint density at radius 2 is 0.951 bits per heavy atom. The number of carbonyl (C=O) groups excluding carboxylic acids is 2. The van der Waals surface area contributed by atoms with E-state index in [0.717, 1.165) is 55.8 Å². The van der Waals surface area contributed by atoms with Crippen molar-refractivity contribution in [3.05, 3.63) is 140 Å². The summed E-state index contributed by atoms with van der Waals surface area (Å²) in [5.74, 6) is 1.08. The van der Waals surface area contributed by atoms with E-state index >= 15 is 0 Å². The monoisotopic (exact) mass is 950 g/mol. The Balaban J connectivity index is 1.08. The molecule has 0 amide bonds. The van der Waals surface area contributed by atoms with Crippen LogP contribution < -0.4 is 18.9 Å². The average molecular weight is 953 g/mol. The van der Waals surface area contributed by atoms with Gasteiger partial charge in [0.15, 0.2) is 0 Å². The molecule has 0 saturated heterocycles. The second kappa shape index (κ2) is 25.7. The van der Waals surface area contributed by atoms with E-state index in [1.54, 1.807) is 79.2 Å². The quantitative estimate of drug-likeness (QED) is 0.0265. The van der Waals surface area contributed by atoms with E-state index in [1.807, 2.05) is 43.3 Å². The Hall–Kier alpha value is -5.06. The zero-order valence-corrected chi connectivity index (χ0v) is 38.6. The van der Waals surface area contributed by atoms with Crippen LogP contribution in [0.15, 0.2) is 122 Å². The van der Waals surface area contributed by atoms with E-state index in [-0.39, 0.29) is 5.75 Å². The molecule has 5 aromatic rings. The van der Waals surface area contributed by atoms with Crippen LogP contribution in [-0.4, -0.2) is 37.6 Å². The molecule has 0 radical (unpaired) electrons. The summed E-state index contributed by atoms with van der Waals surface area (Å²) >= 11 is 7.21. The van der Waals surface area contributed by atoms with Crippen molar-refractivity contribution >= 4 is 67.6 Å². The predicted molar refractivity (Wildman–Crippen MR) is 255 cm³/mol. The molecule has 0 heterocycles. The lowest BCUT2D eigenvalue weighted by molar-refractivity contribution is 0.0732. The van der Waals surface area contributed by atoms with Gasteiger partial charge in [-0.05, 0) is 135 Å². The number of carbonyl (C=O) groups is 2. The molecular weight excluding hydrogens is 896 g/mol. The normalized spacial score (nSPS) is 11.3. The maximum atomic E-state index is 13.1. The molecule has 0 atom stereocenters. The first-order valence-electron chi connectivity index (χ1n) is 21.4. The molecule has 0 aliphatic carbocycles. The van der Waals surface area contributed by atoms with Gasteiger partial charge in [-0.25, -0.2) is 9.59 Å². The molecule has 10 heteroatoms. The molecule has 0 bridgehead atoms. The predicted octanol–water partition coefficient (Wildman–Crippen LogP) is 14.9. The number of aliphatic imine (C=N–C) groups is 2. The summed E-state index contributed by atoms with van der Waals surface area (Å²) in [5.41, 5.74) is 4.65. The number of unbranched alkanes of at least 4 members (excludes halogenated alkanes) is 10. The van der Waals surface area contributed by atoms with E-state index in [0.29, 0.717) is 35.7 Å². The molecule has 0 aromatic heterocycles. The lowest BCUT2D eigenvalue weighted by Gasteiger charge is -2.10. The number of nitrogens with zero attached hydrogens (tertiary/aromatic N) is 2. The van der Waals surface area contributed by atoms with Crippen LogP contribution in [0.4, 0.5) is 11.4 Å². The van der Waals surface area contributed by atoms with Crippen molar-refractivity contribution in [1.82, 2.24) is 0 Å². The van der Waals surface area contributed by atoms with Crippen LogP contribution in [-0.2, 0) is 0 Å². The van der Waals surface area contributed by atoms with Crippen LogP contribution in [0, 0.1) is 6.92 Å². The van der Waals surface area contributed by atoms with Gasteiger partial charge < -0.3 is 18.9 Å². The summed E-state index contributed by atoms with van der Waals surface area (Å²) in [6, 6.07) is 30.4. The van der Waals surface area contributed by atoms with Gasteiger partial charge in [0.25, 0.3) is 0 Å². The van der Waals surface area contributed by atoms with Crippen molar-refractivity contribution in [2.24, 2.45) is 9.98 Å². The van der Waals surface area contributed by atoms with Crippen LogP contribution in [0.3, 0.4) is 0 Å². The van der Waals surface area contributed by atoms with Crippen LogP contribution in [0.5, 0.6) is 23.0 Å². The van der Waals surface area contributed by atoms with E-state index in [4.69, 9.17) is 18.9 Å². The fraction of sp³-hybridized carbons (Fsp3) is 0.333. The summed E-state index contributed by atoms with van der Waals surface area (Å²) < 4.78 is 25.0. The lowest BCUT2D eigenvalue weighted by atomic mass is 10.1. The Labute approximate surface area is 378 Å². The minimum absolute atomic E-state index is 0.254. The van der Waals surface area contributed by atoms with E-state index in [2.05, 4.69) is 55.7 Å². The van der Waals surface area contributed by atoms with E-state index in [9.17, 15) is 9.59 Å². The number of esters is 2. The Morgan fingerprint density at radius 1 is 0.508 bits per heavy atom. The highest BCUT2D eigenvalue weighted by molar-refractivity contribution is 9.11. The maximum Gasteiger partial charge on any atom is 0.343 e. The molecular formula is C51H56Br2N2O6. The molecule has 0 fully saturated rings. The molecule has 8 nitrogen and oxygen atoms in total. The summed E-state index contributed by atoms with van der Waals surface area (Å²) in [5, 5.41) is 0. The third kappa shape index (κ3) is 16.1. The summed E-state index contributed by atoms with van der Waals surface area (Å²) in [6.45, 7) is 7.66. The van der Waals surface area contributed by atoms with Gasteiger partial charge in [-0.3, -0.25) is 9.98 Å². The molecule has 0 aliphatic rings. The van der Waals surface area contributed by atoms with Crippen molar-refractivity contribution in [3.63, 3.8) is 0 Å². The Kier molecular flexibility index (Phi) is 19.8. The van der Waals surface area contributed by atoms with Gasteiger partial charge in [0.2, 0.25) is 0 Å². The van der Waals surface area contributed by atoms with Crippen molar-refractivity contribution in [2.75, 3.05) is 13.2 Å². The fourth-order valence-corrected chi connectivity index (χ4v) is 7.25. The highest BCUT2D eigenvalue weighted by atomic mass is 79.9. The number of ether oxygens (including phenoxy) is 4. The average Bonchev–Trinajstić information content (AvgIpc) is 3.27.